The molecule has 2 aromatic heterocycles. The predicted octanol–water partition coefficient (Wildman–Crippen LogP) is 3.39. The minimum Gasteiger partial charge on any atom is -0.491 e. The van der Waals surface area contributed by atoms with E-state index >= 15 is 0 Å². The molecule has 4 heterocycles. The van der Waals surface area contributed by atoms with Crippen molar-refractivity contribution in [1.82, 2.24) is 10.3 Å². The average molecular weight is 453 g/mol. The lowest BCUT2D eigenvalue weighted by Gasteiger charge is -2.28. The molecule has 0 unspecified atom stereocenters. The number of benzene rings is 1. The van der Waals surface area contributed by atoms with Crippen LogP contribution in [0, 0.1) is 12.8 Å². The lowest BCUT2D eigenvalue weighted by molar-refractivity contribution is 0.0899. The van der Waals surface area contributed by atoms with Gasteiger partial charge in [-0.05, 0) is 37.1 Å². The predicted molar refractivity (Wildman–Crippen MR) is 128 cm³/mol. The molecule has 3 atom stereocenters. The van der Waals surface area contributed by atoms with Crippen LogP contribution in [0.4, 0.5) is 11.4 Å². The number of nitrogens with zero attached hydrogens (tertiary/aromatic N) is 2. The summed E-state index contributed by atoms with van der Waals surface area (Å²) in [5.41, 5.74) is 9.89. The van der Waals surface area contributed by atoms with E-state index in [1.165, 1.54) is 11.3 Å². The van der Waals surface area contributed by atoms with Crippen LogP contribution in [0.3, 0.4) is 0 Å². The van der Waals surface area contributed by atoms with Crippen LogP contribution < -0.4 is 20.7 Å². The Labute approximate surface area is 191 Å². The fourth-order valence-electron chi connectivity index (χ4n) is 4.61. The molecule has 168 valence electrons. The first kappa shape index (κ1) is 21.0. The summed E-state index contributed by atoms with van der Waals surface area (Å²) in [5, 5.41) is 3.92. The highest BCUT2D eigenvalue weighted by atomic mass is 32.1. The summed E-state index contributed by atoms with van der Waals surface area (Å²) in [6.45, 7) is 6.44. The number of ether oxygens (including phenoxy) is 2. The summed E-state index contributed by atoms with van der Waals surface area (Å²) in [6, 6.07) is 10.1. The third-order valence-electron chi connectivity index (χ3n) is 6.44. The number of hydrogen-bond donors (Lipinski definition) is 2. The lowest BCUT2D eigenvalue weighted by Crippen LogP contribution is -2.42. The third-order valence-corrected chi connectivity index (χ3v) is 7.56. The molecule has 2 aliphatic rings. The molecule has 0 aliphatic carbocycles. The first-order chi connectivity index (χ1) is 15.4. The topological polar surface area (TPSA) is 89.7 Å². The summed E-state index contributed by atoms with van der Waals surface area (Å²) >= 11 is 1.33. The van der Waals surface area contributed by atoms with Crippen LogP contribution in [0.5, 0.6) is 5.75 Å². The first-order valence-corrected chi connectivity index (χ1v) is 11.7. The van der Waals surface area contributed by atoms with E-state index in [1.54, 1.807) is 7.11 Å². The highest BCUT2D eigenvalue weighted by Gasteiger charge is 2.31. The fourth-order valence-corrected chi connectivity index (χ4v) is 5.66. The zero-order valence-corrected chi connectivity index (χ0v) is 19.4. The molecule has 0 saturated carbocycles. The Bertz CT molecular complexity index is 1180. The van der Waals surface area contributed by atoms with Crippen molar-refractivity contribution < 1.29 is 14.3 Å². The summed E-state index contributed by atoms with van der Waals surface area (Å²) < 4.78 is 11.6. The van der Waals surface area contributed by atoms with Crippen LogP contribution in [0.25, 0.3) is 10.2 Å². The van der Waals surface area contributed by atoms with Gasteiger partial charge in [0.05, 0.1) is 17.8 Å². The van der Waals surface area contributed by atoms with Crippen LogP contribution in [-0.4, -0.2) is 49.8 Å². The maximum atomic E-state index is 12.9. The number of carbonyl (C=O) groups excluding carboxylic acids is 1. The number of pyridine rings is 1. The number of fused-ring (bicyclic) bond motifs is 2. The van der Waals surface area contributed by atoms with Crippen molar-refractivity contribution in [3.05, 3.63) is 46.5 Å². The van der Waals surface area contributed by atoms with Gasteiger partial charge in [0, 0.05) is 49.0 Å². The van der Waals surface area contributed by atoms with Gasteiger partial charge in [-0.25, -0.2) is 4.98 Å². The molecule has 3 aromatic rings. The molecule has 3 N–H and O–H groups in total. The van der Waals surface area contributed by atoms with E-state index in [4.69, 9.17) is 15.2 Å². The van der Waals surface area contributed by atoms with Crippen molar-refractivity contribution in [1.29, 1.82) is 0 Å². The molecule has 1 amide bonds. The van der Waals surface area contributed by atoms with Crippen molar-refractivity contribution in [2.45, 2.75) is 32.4 Å². The smallest absolute Gasteiger partial charge is 0.263 e. The summed E-state index contributed by atoms with van der Waals surface area (Å²) in [4.78, 5) is 21.1. The van der Waals surface area contributed by atoms with Gasteiger partial charge in [0.2, 0.25) is 0 Å². The van der Waals surface area contributed by atoms with Crippen molar-refractivity contribution in [3.8, 4) is 5.75 Å². The molecule has 0 bridgehead atoms. The molecule has 1 aromatic carbocycles. The van der Waals surface area contributed by atoms with Crippen molar-refractivity contribution in [2.75, 3.05) is 37.4 Å². The molecule has 8 heteroatoms. The second-order valence-electron chi connectivity index (χ2n) is 8.78. The Hall–Kier alpha value is -2.84. The molecule has 7 nitrogen and oxygen atoms in total. The van der Waals surface area contributed by atoms with E-state index in [0.29, 0.717) is 23.1 Å². The Morgan fingerprint density at radius 2 is 2.16 bits per heavy atom. The Morgan fingerprint density at radius 3 is 2.94 bits per heavy atom. The molecule has 1 fully saturated rings. The number of rotatable bonds is 4. The molecule has 2 aliphatic heterocycles. The number of nitrogens with one attached hydrogen (secondary N) is 1. The number of nitrogen functional groups attached to an aromatic ring is 1. The van der Waals surface area contributed by atoms with E-state index in [-0.39, 0.29) is 18.1 Å². The minimum atomic E-state index is -0.173. The minimum absolute atomic E-state index is 0.107. The molecular weight excluding hydrogens is 424 g/mol. The number of carbonyl (C=O) groups is 1. The highest BCUT2D eigenvalue weighted by molar-refractivity contribution is 7.21. The van der Waals surface area contributed by atoms with Gasteiger partial charge in [-0.15, -0.1) is 11.3 Å². The second kappa shape index (κ2) is 8.26. The molecule has 5 rings (SSSR count). The van der Waals surface area contributed by atoms with Gasteiger partial charge in [0.25, 0.3) is 5.91 Å². The van der Waals surface area contributed by atoms with Gasteiger partial charge in [-0.2, -0.15) is 0 Å². The van der Waals surface area contributed by atoms with Crippen LogP contribution in [0.15, 0.2) is 30.3 Å². The van der Waals surface area contributed by atoms with Gasteiger partial charge < -0.3 is 25.4 Å². The molecule has 32 heavy (non-hydrogen) atoms. The Balaban J connectivity index is 1.28. The fraction of sp³-hybridized carbons (Fsp3) is 0.417. The molecule has 0 spiro atoms. The monoisotopic (exact) mass is 452 g/mol. The number of aromatic nitrogens is 1. The molecule has 0 radical (unpaired) electrons. The summed E-state index contributed by atoms with van der Waals surface area (Å²) in [7, 11) is 1.78. The Morgan fingerprint density at radius 1 is 1.31 bits per heavy atom. The summed E-state index contributed by atoms with van der Waals surface area (Å²) in [6.07, 6.45) is 0.979. The van der Waals surface area contributed by atoms with Gasteiger partial charge in [-0.1, -0.05) is 13.0 Å². The van der Waals surface area contributed by atoms with Crippen LogP contribution in [0.2, 0.25) is 0 Å². The maximum Gasteiger partial charge on any atom is 0.263 e. The van der Waals surface area contributed by atoms with E-state index in [2.05, 4.69) is 40.3 Å². The number of nitrogens with two attached hydrogens (primary N) is 1. The number of aryl methyl sites for hydroxylation is 1. The van der Waals surface area contributed by atoms with Gasteiger partial charge in [0.1, 0.15) is 22.1 Å². The van der Waals surface area contributed by atoms with Gasteiger partial charge >= 0.3 is 0 Å². The summed E-state index contributed by atoms with van der Waals surface area (Å²) in [5.74, 6) is 1.22. The number of amides is 1. The Kier molecular flexibility index (Phi) is 5.43. The van der Waals surface area contributed by atoms with Gasteiger partial charge in [-0.3, -0.25) is 4.79 Å². The standard InChI is InChI=1S/C24H28N4O3S/c1-13-10-28(11-20(13)30-3)17-6-5-15-8-16(12-31-19(15)9-17)27-23(29)22-21(25)18-7-4-14(2)26-24(18)32-22/h4-7,9,13,16,20H,8,10-12,25H2,1-3H3,(H,27,29)/t13-,16-,20-/m1/s1. The van der Waals surface area contributed by atoms with Gasteiger partial charge in [0.15, 0.2) is 0 Å². The van der Waals surface area contributed by atoms with Crippen LogP contribution in [-0.2, 0) is 11.2 Å². The van der Waals surface area contributed by atoms with Crippen LogP contribution >= 0.6 is 11.3 Å². The zero-order chi connectivity index (χ0) is 22.4. The maximum absolute atomic E-state index is 12.9. The van der Waals surface area contributed by atoms with Crippen molar-refractivity contribution in [3.63, 3.8) is 0 Å². The largest absolute Gasteiger partial charge is 0.491 e. The van der Waals surface area contributed by atoms with E-state index in [9.17, 15) is 4.79 Å². The van der Waals surface area contributed by atoms with E-state index in [1.807, 2.05) is 19.1 Å². The normalized spacial score (nSPS) is 22.6. The number of anilines is 2. The third kappa shape index (κ3) is 3.78. The number of thiophene rings is 1. The van der Waals surface area contributed by atoms with Crippen molar-refractivity contribution >= 4 is 38.8 Å². The number of hydrogen-bond acceptors (Lipinski definition) is 7. The average Bonchev–Trinajstić information content (AvgIpc) is 3.32. The molecule has 1 saturated heterocycles. The van der Waals surface area contributed by atoms with E-state index < -0.39 is 0 Å². The second-order valence-corrected chi connectivity index (χ2v) is 9.78. The van der Waals surface area contributed by atoms with Crippen molar-refractivity contribution in [2.24, 2.45) is 5.92 Å². The molecular formula is C24H28N4O3S. The van der Waals surface area contributed by atoms with E-state index in [0.717, 1.165) is 52.4 Å². The van der Waals surface area contributed by atoms with Crippen LogP contribution in [0.1, 0.15) is 27.9 Å². The SMILES string of the molecule is CO[C@@H]1CN(c2ccc3c(c2)OC[C@H](NC(=O)c2sc4nc(C)ccc4c2N)C3)C[C@H]1C. The number of methoxy groups -OCH3 is 1. The quantitative estimate of drug-likeness (QED) is 0.631. The first-order valence-electron chi connectivity index (χ1n) is 10.9. The lowest BCUT2D eigenvalue weighted by atomic mass is 10.0. The zero-order valence-electron chi connectivity index (χ0n) is 18.6. The highest BCUT2D eigenvalue weighted by Crippen LogP contribution is 2.34.